The van der Waals surface area contributed by atoms with Gasteiger partial charge >= 0.3 is 0 Å². The molecule has 0 radical (unpaired) electrons. The lowest BCUT2D eigenvalue weighted by Crippen LogP contribution is -2.33. The minimum Gasteiger partial charge on any atom is -0.495 e. The van der Waals surface area contributed by atoms with Gasteiger partial charge in [0, 0.05) is 17.6 Å². The summed E-state index contributed by atoms with van der Waals surface area (Å²) in [6, 6.07) is 7.43. The molecule has 2 aromatic rings. The number of ether oxygens (including phenoxy) is 1. The Morgan fingerprint density at radius 3 is 2.83 bits per heavy atom. The average Bonchev–Trinajstić information content (AvgIpc) is 2.93. The van der Waals surface area contributed by atoms with Crippen molar-refractivity contribution in [2.45, 2.75) is 26.8 Å². The van der Waals surface area contributed by atoms with Crippen molar-refractivity contribution in [3.8, 4) is 5.75 Å². The van der Waals surface area contributed by atoms with Gasteiger partial charge in [0.05, 0.1) is 24.3 Å². The van der Waals surface area contributed by atoms with Crippen molar-refractivity contribution in [3.05, 3.63) is 40.3 Å². The molecule has 5 nitrogen and oxygen atoms in total. The largest absolute Gasteiger partial charge is 0.495 e. The summed E-state index contributed by atoms with van der Waals surface area (Å²) in [4.78, 5) is 19.9. The Morgan fingerprint density at radius 2 is 2.17 bits per heavy atom. The SMILES string of the molecule is CCCN(CC(=O)Nc1ccccc1OC)Cc1cnc(C)s1. The third-order valence-electron chi connectivity index (χ3n) is 3.34. The number of carbonyl (C=O) groups is 1. The van der Waals surface area contributed by atoms with Crippen molar-refractivity contribution in [3.63, 3.8) is 0 Å². The van der Waals surface area contributed by atoms with Crippen LogP contribution in [0.1, 0.15) is 23.2 Å². The monoisotopic (exact) mass is 333 g/mol. The highest BCUT2D eigenvalue weighted by molar-refractivity contribution is 7.11. The Labute approximate surface area is 141 Å². The molecule has 1 heterocycles. The van der Waals surface area contributed by atoms with Gasteiger partial charge in [-0.05, 0) is 32.0 Å². The minimum atomic E-state index is -0.0378. The van der Waals surface area contributed by atoms with E-state index >= 15 is 0 Å². The van der Waals surface area contributed by atoms with Crippen LogP contribution < -0.4 is 10.1 Å². The molecule has 2 rings (SSSR count). The molecule has 0 saturated carbocycles. The van der Waals surface area contributed by atoms with Crippen LogP contribution >= 0.6 is 11.3 Å². The molecule has 0 aliphatic carbocycles. The van der Waals surface area contributed by atoms with Gasteiger partial charge in [0.15, 0.2) is 0 Å². The van der Waals surface area contributed by atoms with E-state index in [1.165, 1.54) is 4.88 Å². The van der Waals surface area contributed by atoms with Crippen LogP contribution in [0.4, 0.5) is 5.69 Å². The zero-order valence-electron chi connectivity index (χ0n) is 13.8. The molecule has 0 unspecified atom stereocenters. The zero-order valence-corrected chi connectivity index (χ0v) is 14.7. The fourth-order valence-electron chi connectivity index (χ4n) is 2.37. The molecule has 23 heavy (non-hydrogen) atoms. The van der Waals surface area contributed by atoms with E-state index in [4.69, 9.17) is 4.74 Å². The molecular weight excluding hydrogens is 310 g/mol. The van der Waals surface area contributed by atoms with Crippen LogP contribution in [0.15, 0.2) is 30.5 Å². The third kappa shape index (κ3) is 5.33. The van der Waals surface area contributed by atoms with Gasteiger partial charge in [0.2, 0.25) is 5.91 Å². The quantitative estimate of drug-likeness (QED) is 0.805. The number of thiazole rings is 1. The van der Waals surface area contributed by atoms with Crippen LogP contribution in [-0.4, -0.2) is 36.0 Å². The first-order valence-electron chi connectivity index (χ1n) is 7.69. The number of carbonyl (C=O) groups excluding carboxylic acids is 1. The Bertz CT molecular complexity index is 642. The van der Waals surface area contributed by atoms with Gasteiger partial charge in [0.1, 0.15) is 5.75 Å². The van der Waals surface area contributed by atoms with Gasteiger partial charge in [-0.3, -0.25) is 9.69 Å². The number of aryl methyl sites for hydroxylation is 1. The maximum Gasteiger partial charge on any atom is 0.238 e. The van der Waals surface area contributed by atoms with Crippen molar-refractivity contribution in [2.75, 3.05) is 25.5 Å². The van der Waals surface area contributed by atoms with Gasteiger partial charge in [-0.15, -0.1) is 11.3 Å². The van der Waals surface area contributed by atoms with E-state index in [0.29, 0.717) is 18.0 Å². The number of nitrogens with one attached hydrogen (secondary N) is 1. The van der Waals surface area contributed by atoms with Crippen LogP contribution in [0.25, 0.3) is 0 Å². The van der Waals surface area contributed by atoms with E-state index in [1.54, 1.807) is 18.4 Å². The number of amides is 1. The molecule has 0 bridgehead atoms. The molecule has 1 amide bonds. The van der Waals surface area contributed by atoms with E-state index in [9.17, 15) is 4.79 Å². The normalized spacial score (nSPS) is 10.8. The molecular formula is C17H23N3O2S. The lowest BCUT2D eigenvalue weighted by molar-refractivity contribution is -0.117. The fourth-order valence-corrected chi connectivity index (χ4v) is 3.21. The second-order valence-corrected chi connectivity index (χ2v) is 6.62. The van der Waals surface area contributed by atoms with Gasteiger partial charge in [-0.1, -0.05) is 19.1 Å². The molecule has 1 aromatic carbocycles. The van der Waals surface area contributed by atoms with Crippen LogP contribution in [-0.2, 0) is 11.3 Å². The molecule has 0 aliphatic heterocycles. The highest BCUT2D eigenvalue weighted by atomic mass is 32.1. The number of hydrogen-bond acceptors (Lipinski definition) is 5. The fraction of sp³-hybridized carbons (Fsp3) is 0.412. The first-order valence-corrected chi connectivity index (χ1v) is 8.50. The molecule has 0 atom stereocenters. The number of nitrogens with zero attached hydrogens (tertiary/aromatic N) is 2. The highest BCUT2D eigenvalue weighted by Crippen LogP contribution is 2.23. The van der Waals surface area contributed by atoms with Crippen LogP contribution in [0.3, 0.4) is 0 Å². The molecule has 0 spiro atoms. The number of para-hydroxylation sites is 2. The number of rotatable bonds is 8. The maximum absolute atomic E-state index is 12.3. The number of hydrogen-bond donors (Lipinski definition) is 1. The first kappa shape index (κ1) is 17.4. The maximum atomic E-state index is 12.3. The number of aromatic nitrogens is 1. The summed E-state index contributed by atoms with van der Waals surface area (Å²) < 4.78 is 5.26. The van der Waals surface area contributed by atoms with Gasteiger partial charge in [-0.2, -0.15) is 0 Å². The smallest absolute Gasteiger partial charge is 0.238 e. The molecule has 1 N–H and O–H groups in total. The molecule has 124 valence electrons. The standard InChI is InChI=1S/C17H23N3O2S/c1-4-9-20(11-14-10-18-13(2)23-14)12-17(21)19-15-7-5-6-8-16(15)22-3/h5-8,10H,4,9,11-12H2,1-3H3,(H,19,21). The van der Waals surface area contributed by atoms with E-state index in [1.807, 2.05) is 37.4 Å². The summed E-state index contributed by atoms with van der Waals surface area (Å²) in [5, 5.41) is 3.97. The third-order valence-corrected chi connectivity index (χ3v) is 4.23. The van der Waals surface area contributed by atoms with Gasteiger partial charge in [0.25, 0.3) is 0 Å². The summed E-state index contributed by atoms with van der Waals surface area (Å²) in [6.07, 6.45) is 2.89. The Kier molecular flexibility index (Phi) is 6.55. The van der Waals surface area contributed by atoms with E-state index < -0.39 is 0 Å². The van der Waals surface area contributed by atoms with E-state index in [-0.39, 0.29) is 5.91 Å². The molecule has 0 fully saturated rings. The summed E-state index contributed by atoms with van der Waals surface area (Å²) in [5.41, 5.74) is 0.699. The predicted molar refractivity (Wildman–Crippen MR) is 94.0 cm³/mol. The summed E-state index contributed by atoms with van der Waals surface area (Å²) in [6.45, 7) is 6.08. The molecule has 1 aromatic heterocycles. The summed E-state index contributed by atoms with van der Waals surface area (Å²) in [7, 11) is 1.60. The Balaban J connectivity index is 1.97. The Hall–Kier alpha value is -1.92. The molecule has 0 saturated heterocycles. The van der Waals surface area contributed by atoms with Gasteiger partial charge in [-0.25, -0.2) is 4.98 Å². The lowest BCUT2D eigenvalue weighted by atomic mass is 10.3. The second-order valence-electron chi connectivity index (χ2n) is 5.30. The highest BCUT2D eigenvalue weighted by Gasteiger charge is 2.13. The van der Waals surface area contributed by atoms with Crippen molar-refractivity contribution < 1.29 is 9.53 Å². The van der Waals surface area contributed by atoms with Crippen LogP contribution in [0, 0.1) is 6.92 Å². The van der Waals surface area contributed by atoms with E-state index in [2.05, 4.69) is 22.1 Å². The summed E-state index contributed by atoms with van der Waals surface area (Å²) in [5.74, 6) is 0.630. The van der Waals surface area contributed by atoms with E-state index in [0.717, 1.165) is 24.5 Å². The summed E-state index contributed by atoms with van der Waals surface area (Å²) >= 11 is 1.67. The molecule has 0 aliphatic rings. The topological polar surface area (TPSA) is 54.5 Å². The van der Waals surface area contributed by atoms with Crippen molar-refractivity contribution in [1.82, 2.24) is 9.88 Å². The van der Waals surface area contributed by atoms with Crippen molar-refractivity contribution in [2.24, 2.45) is 0 Å². The molecule has 6 heteroatoms. The lowest BCUT2D eigenvalue weighted by Gasteiger charge is -2.20. The second kappa shape index (κ2) is 8.64. The number of benzene rings is 1. The average molecular weight is 333 g/mol. The minimum absolute atomic E-state index is 0.0378. The van der Waals surface area contributed by atoms with Crippen molar-refractivity contribution in [1.29, 1.82) is 0 Å². The Morgan fingerprint density at radius 1 is 1.39 bits per heavy atom. The van der Waals surface area contributed by atoms with Crippen molar-refractivity contribution >= 4 is 22.9 Å². The first-order chi connectivity index (χ1) is 11.1. The number of methoxy groups -OCH3 is 1. The predicted octanol–water partition coefficient (Wildman–Crippen LogP) is 3.31. The zero-order chi connectivity index (χ0) is 16.7. The van der Waals surface area contributed by atoms with Crippen LogP contribution in [0.5, 0.6) is 5.75 Å². The number of anilines is 1. The van der Waals surface area contributed by atoms with Crippen LogP contribution in [0.2, 0.25) is 0 Å². The van der Waals surface area contributed by atoms with Gasteiger partial charge < -0.3 is 10.1 Å².